The Kier molecular flexibility index (Phi) is 5.52. The van der Waals surface area contributed by atoms with E-state index in [1.54, 1.807) is 24.0 Å². The zero-order valence-electron chi connectivity index (χ0n) is 12.6. The molecule has 1 aliphatic heterocycles. The van der Waals surface area contributed by atoms with Crippen molar-refractivity contribution in [2.45, 2.75) is 19.4 Å². The number of benzene rings is 1. The van der Waals surface area contributed by atoms with Crippen molar-refractivity contribution in [1.29, 1.82) is 0 Å². The van der Waals surface area contributed by atoms with Crippen LogP contribution in [0.3, 0.4) is 0 Å². The Balaban J connectivity index is 2.18. The molecule has 122 valence electrons. The van der Waals surface area contributed by atoms with Crippen LogP contribution in [0.4, 0.5) is 4.39 Å². The van der Waals surface area contributed by atoms with Gasteiger partial charge in [-0.3, -0.25) is 4.79 Å². The van der Waals surface area contributed by atoms with Gasteiger partial charge in [0, 0.05) is 19.6 Å². The van der Waals surface area contributed by atoms with Crippen LogP contribution in [0.1, 0.15) is 24.9 Å². The van der Waals surface area contributed by atoms with E-state index in [0.29, 0.717) is 31.6 Å². The lowest BCUT2D eigenvalue weighted by Gasteiger charge is -2.36. The highest BCUT2D eigenvalue weighted by Crippen LogP contribution is 2.23. The van der Waals surface area contributed by atoms with Gasteiger partial charge < -0.3 is 10.2 Å². The summed E-state index contributed by atoms with van der Waals surface area (Å²) in [6, 6.07) is 5.74. The summed E-state index contributed by atoms with van der Waals surface area (Å²) >= 11 is 0. The largest absolute Gasteiger partial charge is 0.332 e. The lowest BCUT2D eigenvalue weighted by atomic mass is 10.0. The Morgan fingerprint density at radius 3 is 2.91 bits per heavy atom. The summed E-state index contributed by atoms with van der Waals surface area (Å²) in [4.78, 5) is 13.9. The Hall–Kier alpha value is -1.47. The first-order chi connectivity index (χ1) is 10.4. The molecule has 1 atom stereocenters. The van der Waals surface area contributed by atoms with Gasteiger partial charge in [-0.2, -0.15) is 0 Å². The molecule has 1 unspecified atom stereocenters. The Morgan fingerprint density at radius 2 is 2.23 bits per heavy atom. The molecule has 1 N–H and O–H groups in total. The van der Waals surface area contributed by atoms with Crippen LogP contribution in [0.25, 0.3) is 0 Å². The van der Waals surface area contributed by atoms with E-state index in [1.165, 1.54) is 12.1 Å². The summed E-state index contributed by atoms with van der Waals surface area (Å²) in [6.07, 6.45) is 0.491. The number of rotatable bonds is 5. The van der Waals surface area contributed by atoms with Crippen molar-refractivity contribution in [3.63, 3.8) is 0 Å². The minimum absolute atomic E-state index is 0.00939. The molecule has 1 saturated heterocycles. The Bertz CT molecular complexity index is 633. The van der Waals surface area contributed by atoms with E-state index < -0.39 is 21.5 Å². The first kappa shape index (κ1) is 16.9. The number of hydrogen-bond acceptors (Lipinski definition) is 4. The molecule has 1 amide bonds. The molecule has 1 aromatic rings. The Morgan fingerprint density at radius 1 is 1.45 bits per heavy atom. The average molecular weight is 328 g/mol. The zero-order chi connectivity index (χ0) is 16.2. The van der Waals surface area contributed by atoms with Crippen LogP contribution in [0.2, 0.25) is 0 Å². The van der Waals surface area contributed by atoms with Gasteiger partial charge in [0.1, 0.15) is 11.6 Å². The maximum absolute atomic E-state index is 13.4. The highest BCUT2D eigenvalue weighted by molar-refractivity contribution is 7.92. The Labute approximate surface area is 130 Å². The predicted octanol–water partition coefficient (Wildman–Crippen LogP) is 1.12. The normalized spacial score (nSPS) is 19.2. The molecule has 2 rings (SSSR count). The van der Waals surface area contributed by atoms with Gasteiger partial charge >= 0.3 is 0 Å². The van der Waals surface area contributed by atoms with Crippen molar-refractivity contribution in [2.75, 3.05) is 31.1 Å². The summed E-state index contributed by atoms with van der Waals surface area (Å²) in [5, 5.41) is 3.16. The van der Waals surface area contributed by atoms with Gasteiger partial charge in [-0.15, -0.1) is 0 Å². The van der Waals surface area contributed by atoms with Gasteiger partial charge in [-0.05, 0) is 24.1 Å². The molecular weight excluding hydrogens is 307 g/mol. The van der Waals surface area contributed by atoms with Crippen LogP contribution in [0.5, 0.6) is 0 Å². The number of carbonyl (C=O) groups is 1. The smallest absolute Gasteiger partial charge is 0.238 e. The van der Waals surface area contributed by atoms with Gasteiger partial charge in [-0.1, -0.05) is 19.1 Å². The third-order valence-electron chi connectivity index (χ3n) is 3.66. The molecule has 1 aromatic carbocycles. The van der Waals surface area contributed by atoms with Crippen molar-refractivity contribution >= 4 is 15.7 Å². The highest BCUT2D eigenvalue weighted by Gasteiger charge is 2.30. The van der Waals surface area contributed by atoms with E-state index in [9.17, 15) is 17.6 Å². The summed E-state index contributed by atoms with van der Waals surface area (Å²) in [7, 11) is -3.38. The van der Waals surface area contributed by atoms with E-state index >= 15 is 0 Å². The fourth-order valence-electron chi connectivity index (χ4n) is 2.67. The molecule has 7 heteroatoms. The van der Waals surface area contributed by atoms with Crippen molar-refractivity contribution < 1.29 is 17.6 Å². The van der Waals surface area contributed by atoms with Crippen LogP contribution >= 0.6 is 0 Å². The van der Waals surface area contributed by atoms with Gasteiger partial charge in [0.05, 0.1) is 11.8 Å². The van der Waals surface area contributed by atoms with Crippen LogP contribution < -0.4 is 5.32 Å². The van der Waals surface area contributed by atoms with Crippen LogP contribution in [0, 0.1) is 5.82 Å². The minimum atomic E-state index is -3.38. The molecule has 1 heterocycles. The molecule has 0 radical (unpaired) electrons. The maximum Gasteiger partial charge on any atom is 0.238 e. The maximum atomic E-state index is 13.4. The molecule has 0 bridgehead atoms. The first-order valence-corrected chi connectivity index (χ1v) is 9.21. The molecule has 0 aliphatic carbocycles. The fraction of sp³-hybridized carbons (Fsp3) is 0.533. The molecule has 0 spiro atoms. The van der Waals surface area contributed by atoms with Gasteiger partial charge in [-0.25, -0.2) is 12.8 Å². The van der Waals surface area contributed by atoms with E-state index in [-0.39, 0.29) is 17.6 Å². The summed E-state index contributed by atoms with van der Waals surface area (Å²) in [6.45, 7) is 3.28. The molecule has 1 aliphatic rings. The van der Waals surface area contributed by atoms with E-state index in [0.717, 1.165) is 0 Å². The quantitative estimate of drug-likeness (QED) is 0.880. The second-order valence-electron chi connectivity index (χ2n) is 5.45. The monoisotopic (exact) mass is 328 g/mol. The molecule has 22 heavy (non-hydrogen) atoms. The van der Waals surface area contributed by atoms with Crippen LogP contribution in [-0.2, 0) is 14.6 Å². The number of sulfone groups is 1. The van der Waals surface area contributed by atoms with Gasteiger partial charge in [0.25, 0.3) is 0 Å². The van der Waals surface area contributed by atoms with Crippen LogP contribution in [-0.4, -0.2) is 50.4 Å². The lowest BCUT2D eigenvalue weighted by Crippen LogP contribution is -2.50. The van der Waals surface area contributed by atoms with Gasteiger partial charge in [0.15, 0.2) is 9.84 Å². The fourth-order valence-corrected chi connectivity index (χ4v) is 3.98. The number of nitrogens with one attached hydrogen (secondary N) is 1. The summed E-state index contributed by atoms with van der Waals surface area (Å²) in [5.41, 5.74) is 0.674. The van der Waals surface area contributed by atoms with Crippen molar-refractivity contribution in [3.05, 3.63) is 35.6 Å². The van der Waals surface area contributed by atoms with E-state index in [2.05, 4.69) is 5.32 Å². The number of nitrogens with zero attached hydrogens (tertiary/aromatic N) is 1. The molecule has 0 aromatic heterocycles. The molecule has 0 saturated carbocycles. The average Bonchev–Trinajstić information content (AvgIpc) is 2.46. The predicted molar refractivity (Wildman–Crippen MR) is 82.7 cm³/mol. The SMILES string of the molecule is CCCS(=O)(=O)CC(=O)N1CCNCC1c1cccc(F)c1. The third kappa shape index (κ3) is 4.27. The molecular formula is C15H21FN2O3S. The van der Waals surface area contributed by atoms with E-state index in [1.807, 2.05) is 0 Å². The standard InChI is InChI=1S/C15H21FN2O3S/c1-2-8-22(20,21)11-15(19)18-7-6-17-10-14(18)12-4-3-5-13(16)9-12/h3-5,9,14,17H,2,6-8,10-11H2,1H3. The van der Waals surface area contributed by atoms with Crippen molar-refractivity contribution in [1.82, 2.24) is 10.2 Å². The second kappa shape index (κ2) is 7.19. The van der Waals surface area contributed by atoms with Crippen LogP contribution in [0.15, 0.2) is 24.3 Å². The summed E-state index contributed by atoms with van der Waals surface area (Å²) in [5.74, 6) is -1.25. The zero-order valence-corrected chi connectivity index (χ0v) is 13.4. The third-order valence-corrected chi connectivity index (χ3v) is 5.37. The summed E-state index contributed by atoms with van der Waals surface area (Å²) < 4.78 is 37.1. The number of piperazine rings is 1. The highest BCUT2D eigenvalue weighted by atomic mass is 32.2. The first-order valence-electron chi connectivity index (χ1n) is 7.39. The van der Waals surface area contributed by atoms with Gasteiger partial charge in [0.2, 0.25) is 5.91 Å². The second-order valence-corrected chi connectivity index (χ2v) is 7.64. The molecule has 1 fully saturated rings. The van der Waals surface area contributed by atoms with Crippen molar-refractivity contribution in [3.8, 4) is 0 Å². The number of amides is 1. The topological polar surface area (TPSA) is 66.5 Å². The van der Waals surface area contributed by atoms with Crippen molar-refractivity contribution in [2.24, 2.45) is 0 Å². The number of halogens is 1. The lowest BCUT2D eigenvalue weighted by molar-refractivity contribution is -0.131. The number of hydrogen-bond donors (Lipinski definition) is 1. The van der Waals surface area contributed by atoms with E-state index in [4.69, 9.17) is 0 Å². The number of carbonyl (C=O) groups excluding carboxylic acids is 1. The molecule has 5 nitrogen and oxygen atoms in total. The minimum Gasteiger partial charge on any atom is -0.332 e.